The minimum atomic E-state index is -4.33. The summed E-state index contributed by atoms with van der Waals surface area (Å²) in [6, 6.07) is 0. The lowest BCUT2D eigenvalue weighted by Gasteiger charge is -2.23. The third-order valence-electron chi connectivity index (χ3n) is 1.77. The summed E-state index contributed by atoms with van der Waals surface area (Å²) in [6.07, 6.45) is -6.62. The van der Waals surface area contributed by atoms with Gasteiger partial charge in [-0.05, 0) is 0 Å². The lowest BCUT2D eigenvalue weighted by Crippen LogP contribution is -2.41. The van der Waals surface area contributed by atoms with Crippen molar-refractivity contribution in [3.05, 3.63) is 0 Å². The Morgan fingerprint density at radius 1 is 1.44 bits per heavy atom. The van der Waals surface area contributed by atoms with Crippen LogP contribution in [0.15, 0.2) is 0 Å². The molecule has 0 rings (SSSR count). The van der Waals surface area contributed by atoms with Crippen molar-refractivity contribution >= 4 is 5.91 Å². The van der Waals surface area contributed by atoms with E-state index in [1.165, 1.54) is 0 Å². The number of rotatable bonds is 7. The summed E-state index contributed by atoms with van der Waals surface area (Å²) in [6.45, 7) is -1.63. The lowest BCUT2D eigenvalue weighted by molar-refractivity contribution is -0.140. The van der Waals surface area contributed by atoms with E-state index in [0.717, 1.165) is 4.90 Å². The minimum absolute atomic E-state index is 0.227. The molecule has 1 amide bonds. The maximum Gasteiger partial charge on any atom is 0.390 e. The van der Waals surface area contributed by atoms with Crippen LogP contribution in [0.1, 0.15) is 6.42 Å². The van der Waals surface area contributed by atoms with Crippen LogP contribution in [0.3, 0.4) is 0 Å². The molecule has 0 aliphatic rings. The van der Waals surface area contributed by atoms with Crippen LogP contribution in [0.4, 0.5) is 13.2 Å². The fraction of sp³-hybridized carbons (Fsp3) is 0.875. The van der Waals surface area contributed by atoms with E-state index in [1.807, 2.05) is 0 Å². The Hall–Kier alpha value is -0.860. The van der Waals surface area contributed by atoms with Crippen molar-refractivity contribution in [1.82, 2.24) is 4.90 Å². The molecule has 0 radical (unpaired) electrons. The fourth-order valence-electron chi connectivity index (χ4n) is 1.10. The molecule has 0 unspecified atom stereocenters. The summed E-state index contributed by atoms with van der Waals surface area (Å²) in [7, 11) is 0. The molecular formula is C8H15F3N2O3. The molecule has 0 bridgehead atoms. The van der Waals surface area contributed by atoms with Crippen LogP contribution in [0.25, 0.3) is 0 Å². The number of amides is 1. The van der Waals surface area contributed by atoms with Gasteiger partial charge in [-0.25, -0.2) is 0 Å². The standard InChI is InChI=1S/C8H15F3N2O3/c9-8(10,11)1-2-13(4-7(12)16)3-6(15)5-14/h6,14-15H,1-5H2,(H2,12,16)/t6-/m0/s1. The first kappa shape index (κ1) is 15.1. The van der Waals surface area contributed by atoms with Crippen LogP contribution < -0.4 is 5.73 Å². The van der Waals surface area contributed by atoms with Gasteiger partial charge in [-0.15, -0.1) is 0 Å². The highest BCUT2D eigenvalue weighted by atomic mass is 19.4. The van der Waals surface area contributed by atoms with E-state index < -0.39 is 37.8 Å². The Balaban J connectivity index is 4.15. The zero-order valence-corrected chi connectivity index (χ0v) is 8.57. The van der Waals surface area contributed by atoms with Gasteiger partial charge in [-0.1, -0.05) is 0 Å². The maximum absolute atomic E-state index is 11.9. The number of halogens is 3. The molecule has 4 N–H and O–H groups in total. The number of primary amides is 1. The number of aliphatic hydroxyl groups is 2. The molecular weight excluding hydrogens is 229 g/mol. The van der Waals surface area contributed by atoms with Gasteiger partial charge >= 0.3 is 6.18 Å². The number of aliphatic hydroxyl groups excluding tert-OH is 2. The molecule has 0 aromatic rings. The first-order valence-electron chi connectivity index (χ1n) is 4.61. The highest BCUT2D eigenvalue weighted by molar-refractivity contribution is 5.75. The van der Waals surface area contributed by atoms with Crippen LogP contribution in [0.2, 0.25) is 0 Å². The van der Waals surface area contributed by atoms with Crippen molar-refractivity contribution in [2.75, 3.05) is 26.2 Å². The molecule has 0 aromatic carbocycles. The molecule has 0 aliphatic heterocycles. The van der Waals surface area contributed by atoms with E-state index in [-0.39, 0.29) is 13.1 Å². The zero-order chi connectivity index (χ0) is 12.8. The largest absolute Gasteiger partial charge is 0.394 e. The van der Waals surface area contributed by atoms with Crippen LogP contribution in [-0.2, 0) is 4.79 Å². The highest BCUT2D eigenvalue weighted by Crippen LogP contribution is 2.19. The van der Waals surface area contributed by atoms with Gasteiger partial charge in [0.2, 0.25) is 5.91 Å². The number of hydrogen-bond donors (Lipinski definition) is 3. The van der Waals surface area contributed by atoms with Crippen molar-refractivity contribution in [1.29, 1.82) is 0 Å². The number of carbonyl (C=O) groups excluding carboxylic acids is 1. The van der Waals surface area contributed by atoms with E-state index in [9.17, 15) is 18.0 Å². The van der Waals surface area contributed by atoms with Crippen molar-refractivity contribution in [2.45, 2.75) is 18.7 Å². The number of carbonyl (C=O) groups is 1. The second-order valence-electron chi connectivity index (χ2n) is 3.40. The average Bonchev–Trinajstić information content (AvgIpc) is 2.12. The van der Waals surface area contributed by atoms with Gasteiger partial charge in [0, 0.05) is 13.1 Å². The number of nitrogens with zero attached hydrogens (tertiary/aromatic N) is 1. The molecule has 8 heteroatoms. The van der Waals surface area contributed by atoms with Crippen LogP contribution in [0.5, 0.6) is 0 Å². The summed E-state index contributed by atoms with van der Waals surface area (Å²) in [4.78, 5) is 11.6. The monoisotopic (exact) mass is 244 g/mol. The predicted molar refractivity (Wildman–Crippen MR) is 49.4 cm³/mol. The summed E-state index contributed by atoms with van der Waals surface area (Å²) >= 11 is 0. The van der Waals surface area contributed by atoms with Gasteiger partial charge in [0.1, 0.15) is 0 Å². The van der Waals surface area contributed by atoms with E-state index in [1.54, 1.807) is 0 Å². The highest BCUT2D eigenvalue weighted by Gasteiger charge is 2.28. The van der Waals surface area contributed by atoms with Crippen LogP contribution in [0, 0.1) is 0 Å². The summed E-state index contributed by atoms with van der Waals surface area (Å²) in [5.41, 5.74) is 4.84. The first-order valence-corrected chi connectivity index (χ1v) is 4.61. The van der Waals surface area contributed by atoms with Crippen molar-refractivity contribution < 1.29 is 28.2 Å². The van der Waals surface area contributed by atoms with E-state index in [0.29, 0.717) is 0 Å². The van der Waals surface area contributed by atoms with Gasteiger partial charge in [0.05, 0.1) is 25.7 Å². The predicted octanol–water partition coefficient (Wildman–Crippen LogP) is -0.921. The molecule has 5 nitrogen and oxygen atoms in total. The third kappa shape index (κ3) is 8.45. The SMILES string of the molecule is NC(=O)CN(CCC(F)(F)F)C[C@H](O)CO. The Labute approximate surface area is 90.6 Å². The second-order valence-corrected chi connectivity index (χ2v) is 3.40. The maximum atomic E-state index is 11.9. The van der Waals surface area contributed by atoms with Gasteiger partial charge in [-0.3, -0.25) is 9.69 Å². The van der Waals surface area contributed by atoms with E-state index in [2.05, 4.69) is 0 Å². The Morgan fingerprint density at radius 3 is 2.38 bits per heavy atom. The molecule has 0 aromatic heterocycles. The third-order valence-corrected chi connectivity index (χ3v) is 1.77. The summed E-state index contributed by atoms with van der Waals surface area (Å²) in [5.74, 6) is -0.785. The molecule has 0 aliphatic carbocycles. The molecule has 96 valence electrons. The minimum Gasteiger partial charge on any atom is -0.394 e. The molecule has 0 spiro atoms. The van der Waals surface area contributed by atoms with E-state index >= 15 is 0 Å². The summed E-state index contributed by atoms with van der Waals surface area (Å²) in [5, 5.41) is 17.6. The fourth-order valence-corrected chi connectivity index (χ4v) is 1.10. The second kappa shape index (κ2) is 6.66. The van der Waals surface area contributed by atoms with Crippen LogP contribution in [-0.4, -0.2) is 59.5 Å². The smallest absolute Gasteiger partial charge is 0.390 e. The molecule has 0 heterocycles. The zero-order valence-electron chi connectivity index (χ0n) is 8.57. The Morgan fingerprint density at radius 2 is 2.00 bits per heavy atom. The van der Waals surface area contributed by atoms with Crippen molar-refractivity contribution in [3.8, 4) is 0 Å². The van der Waals surface area contributed by atoms with Crippen molar-refractivity contribution in [3.63, 3.8) is 0 Å². The Kier molecular flexibility index (Phi) is 6.31. The Bertz CT molecular complexity index is 223. The molecule has 0 fully saturated rings. The van der Waals surface area contributed by atoms with Gasteiger partial charge in [-0.2, -0.15) is 13.2 Å². The van der Waals surface area contributed by atoms with Crippen molar-refractivity contribution in [2.24, 2.45) is 5.73 Å². The van der Waals surface area contributed by atoms with Gasteiger partial charge in [0.25, 0.3) is 0 Å². The first-order chi connectivity index (χ1) is 7.24. The molecule has 0 saturated carbocycles. The summed E-state index contributed by atoms with van der Waals surface area (Å²) < 4.78 is 35.8. The van der Waals surface area contributed by atoms with Crippen LogP contribution >= 0.6 is 0 Å². The molecule has 1 atom stereocenters. The normalized spacial score (nSPS) is 14.1. The average molecular weight is 244 g/mol. The number of nitrogens with two attached hydrogens (primary N) is 1. The topological polar surface area (TPSA) is 86.8 Å². The number of alkyl halides is 3. The van der Waals surface area contributed by atoms with Gasteiger partial charge in [0.15, 0.2) is 0 Å². The quantitative estimate of drug-likeness (QED) is 0.540. The van der Waals surface area contributed by atoms with Gasteiger partial charge < -0.3 is 15.9 Å². The van der Waals surface area contributed by atoms with E-state index in [4.69, 9.17) is 15.9 Å². The lowest BCUT2D eigenvalue weighted by atomic mass is 10.3. The number of hydrogen-bond acceptors (Lipinski definition) is 4. The molecule has 16 heavy (non-hydrogen) atoms. The molecule has 0 saturated heterocycles.